The van der Waals surface area contributed by atoms with Gasteiger partial charge in [0, 0.05) is 18.4 Å². The summed E-state index contributed by atoms with van der Waals surface area (Å²) in [5, 5.41) is 16.6. The van der Waals surface area contributed by atoms with E-state index in [4.69, 9.17) is 14.0 Å². The number of benzene rings is 1. The summed E-state index contributed by atoms with van der Waals surface area (Å²) in [5.74, 6) is 0.810. The first-order chi connectivity index (χ1) is 12.6. The largest absolute Gasteiger partial charge is 0.388 e. The molecule has 26 heavy (non-hydrogen) atoms. The first-order valence-electron chi connectivity index (χ1n) is 8.71. The summed E-state index contributed by atoms with van der Waals surface area (Å²) in [5.41, 5.74) is 1.98. The lowest BCUT2D eigenvalue weighted by atomic mass is 10.1. The number of aryl methyl sites for hydroxylation is 2. The van der Waals surface area contributed by atoms with Gasteiger partial charge >= 0.3 is 0 Å². The van der Waals surface area contributed by atoms with Crippen LogP contribution < -0.4 is 5.32 Å². The Labute approximate surface area is 150 Å². The Bertz CT molecular complexity index is 793. The standard InChI is InChI=1S/C18H21N3O5/c1-10-4-2-3-5-11(10)18-20-15(26-21-18)7-6-14(23)19-12-8-24-17-13(22)9-25-16(12)17/h2-5,12-13,16-17,22H,6-9H2,1H3,(H,19,23)/t12-,13+,16+,17+/m0/s1. The molecule has 8 nitrogen and oxygen atoms in total. The Morgan fingerprint density at radius 1 is 1.27 bits per heavy atom. The Morgan fingerprint density at radius 3 is 2.92 bits per heavy atom. The molecule has 2 saturated heterocycles. The molecule has 0 spiro atoms. The maximum absolute atomic E-state index is 12.2. The van der Waals surface area contributed by atoms with Gasteiger partial charge in [-0.15, -0.1) is 0 Å². The monoisotopic (exact) mass is 359 g/mol. The average molecular weight is 359 g/mol. The zero-order valence-electron chi connectivity index (χ0n) is 14.4. The molecular weight excluding hydrogens is 338 g/mol. The Balaban J connectivity index is 1.31. The zero-order chi connectivity index (χ0) is 18.1. The van der Waals surface area contributed by atoms with Crippen LogP contribution in [0.1, 0.15) is 17.9 Å². The van der Waals surface area contributed by atoms with Crippen LogP contribution in [0.4, 0.5) is 0 Å². The predicted octanol–water partition coefficient (Wildman–Crippen LogP) is 0.621. The van der Waals surface area contributed by atoms with E-state index >= 15 is 0 Å². The zero-order valence-corrected chi connectivity index (χ0v) is 14.4. The summed E-state index contributed by atoms with van der Waals surface area (Å²) in [6, 6.07) is 7.55. The number of aromatic nitrogens is 2. The molecule has 4 rings (SSSR count). The van der Waals surface area contributed by atoms with Crippen LogP contribution in [0.25, 0.3) is 11.4 Å². The highest BCUT2D eigenvalue weighted by atomic mass is 16.6. The summed E-state index contributed by atoms with van der Waals surface area (Å²) < 4.78 is 16.3. The summed E-state index contributed by atoms with van der Waals surface area (Å²) in [4.78, 5) is 16.6. The van der Waals surface area contributed by atoms with E-state index in [0.29, 0.717) is 24.7 Å². The van der Waals surface area contributed by atoms with Gasteiger partial charge in [-0.2, -0.15) is 4.98 Å². The van der Waals surface area contributed by atoms with Crippen molar-refractivity contribution < 1.29 is 23.9 Å². The first-order valence-corrected chi connectivity index (χ1v) is 8.71. The van der Waals surface area contributed by atoms with E-state index in [1.165, 1.54) is 0 Å². The summed E-state index contributed by atoms with van der Waals surface area (Å²) in [6.07, 6.45) is -0.681. The highest BCUT2D eigenvalue weighted by Crippen LogP contribution is 2.27. The molecule has 138 valence electrons. The highest BCUT2D eigenvalue weighted by Gasteiger charge is 2.47. The number of nitrogens with one attached hydrogen (secondary N) is 1. The number of hydrogen-bond acceptors (Lipinski definition) is 7. The molecule has 2 N–H and O–H groups in total. The number of aliphatic hydroxyl groups is 1. The molecule has 0 unspecified atom stereocenters. The average Bonchev–Trinajstić information content (AvgIpc) is 3.33. The lowest BCUT2D eigenvalue weighted by Gasteiger charge is -2.17. The van der Waals surface area contributed by atoms with Crippen molar-refractivity contribution in [3.8, 4) is 11.4 Å². The van der Waals surface area contributed by atoms with Crippen molar-refractivity contribution in [2.24, 2.45) is 0 Å². The maximum Gasteiger partial charge on any atom is 0.227 e. The number of carbonyl (C=O) groups is 1. The number of nitrogens with zero attached hydrogens (tertiary/aromatic N) is 2. The lowest BCUT2D eigenvalue weighted by molar-refractivity contribution is -0.122. The van der Waals surface area contributed by atoms with Crippen LogP contribution in [-0.4, -0.2) is 58.7 Å². The second-order valence-corrected chi connectivity index (χ2v) is 6.66. The second kappa shape index (κ2) is 7.14. The number of aliphatic hydroxyl groups excluding tert-OH is 1. The van der Waals surface area contributed by atoms with Gasteiger partial charge < -0.3 is 24.4 Å². The molecule has 3 heterocycles. The minimum atomic E-state index is -0.625. The Kier molecular flexibility index (Phi) is 4.71. The van der Waals surface area contributed by atoms with E-state index in [9.17, 15) is 9.90 Å². The summed E-state index contributed by atoms with van der Waals surface area (Å²) in [6.45, 7) is 2.57. The van der Waals surface area contributed by atoms with E-state index < -0.39 is 6.10 Å². The number of ether oxygens (including phenoxy) is 2. The normalized spacial score (nSPS) is 27.5. The molecule has 8 heteroatoms. The van der Waals surface area contributed by atoms with Gasteiger partial charge in [0.15, 0.2) is 0 Å². The van der Waals surface area contributed by atoms with E-state index in [1.807, 2.05) is 31.2 Å². The molecule has 0 aliphatic carbocycles. The van der Waals surface area contributed by atoms with Crippen LogP contribution in [0.5, 0.6) is 0 Å². The third kappa shape index (κ3) is 3.35. The van der Waals surface area contributed by atoms with Crippen molar-refractivity contribution in [2.75, 3.05) is 13.2 Å². The molecule has 4 atom stereocenters. The number of rotatable bonds is 5. The van der Waals surface area contributed by atoms with Crippen LogP contribution in [0, 0.1) is 6.92 Å². The fraction of sp³-hybridized carbons (Fsp3) is 0.500. The third-order valence-corrected chi connectivity index (χ3v) is 4.79. The van der Waals surface area contributed by atoms with Crippen molar-refractivity contribution in [2.45, 2.75) is 44.1 Å². The van der Waals surface area contributed by atoms with Crippen molar-refractivity contribution in [1.29, 1.82) is 0 Å². The van der Waals surface area contributed by atoms with Crippen molar-refractivity contribution in [3.05, 3.63) is 35.7 Å². The van der Waals surface area contributed by atoms with Gasteiger partial charge in [0.05, 0.1) is 19.3 Å². The quantitative estimate of drug-likeness (QED) is 0.806. The lowest BCUT2D eigenvalue weighted by Crippen LogP contribution is -2.44. The molecule has 0 saturated carbocycles. The number of carbonyl (C=O) groups excluding carboxylic acids is 1. The highest BCUT2D eigenvalue weighted by molar-refractivity contribution is 5.76. The van der Waals surface area contributed by atoms with Crippen LogP contribution in [0.3, 0.4) is 0 Å². The molecule has 1 aromatic carbocycles. The van der Waals surface area contributed by atoms with E-state index in [2.05, 4.69) is 15.5 Å². The van der Waals surface area contributed by atoms with Gasteiger partial charge in [-0.05, 0) is 12.5 Å². The van der Waals surface area contributed by atoms with Crippen molar-refractivity contribution in [1.82, 2.24) is 15.5 Å². The molecule has 2 fully saturated rings. The van der Waals surface area contributed by atoms with Crippen LogP contribution >= 0.6 is 0 Å². The van der Waals surface area contributed by atoms with Gasteiger partial charge in [0.25, 0.3) is 0 Å². The minimum Gasteiger partial charge on any atom is -0.388 e. The summed E-state index contributed by atoms with van der Waals surface area (Å²) >= 11 is 0. The molecular formula is C18H21N3O5. The van der Waals surface area contributed by atoms with Gasteiger partial charge in [-0.1, -0.05) is 29.4 Å². The van der Waals surface area contributed by atoms with E-state index in [1.54, 1.807) is 0 Å². The predicted molar refractivity (Wildman–Crippen MR) is 90.2 cm³/mol. The molecule has 2 aliphatic rings. The van der Waals surface area contributed by atoms with Crippen molar-refractivity contribution >= 4 is 5.91 Å². The fourth-order valence-corrected chi connectivity index (χ4v) is 3.39. The second-order valence-electron chi connectivity index (χ2n) is 6.66. The van der Waals surface area contributed by atoms with Gasteiger partial charge in [-0.3, -0.25) is 4.79 Å². The Morgan fingerprint density at radius 2 is 2.08 bits per heavy atom. The van der Waals surface area contributed by atoms with Crippen molar-refractivity contribution in [3.63, 3.8) is 0 Å². The van der Waals surface area contributed by atoms with Gasteiger partial charge in [0.1, 0.15) is 18.3 Å². The molecule has 2 aromatic rings. The third-order valence-electron chi connectivity index (χ3n) is 4.79. The van der Waals surface area contributed by atoms with Gasteiger partial charge in [0.2, 0.25) is 17.6 Å². The topological polar surface area (TPSA) is 107 Å². The SMILES string of the molecule is Cc1ccccc1-c1noc(CCC(=O)N[C@H]2CO[C@H]3[C@@H]2OC[C@H]3O)n1. The summed E-state index contributed by atoms with van der Waals surface area (Å²) in [7, 11) is 0. The fourth-order valence-electron chi connectivity index (χ4n) is 3.39. The molecule has 0 radical (unpaired) electrons. The van der Waals surface area contributed by atoms with Crippen LogP contribution in [0.15, 0.2) is 28.8 Å². The molecule has 0 bridgehead atoms. The first kappa shape index (κ1) is 17.1. The van der Waals surface area contributed by atoms with E-state index in [-0.39, 0.29) is 37.2 Å². The molecule has 1 aromatic heterocycles. The van der Waals surface area contributed by atoms with Crippen LogP contribution in [0.2, 0.25) is 0 Å². The number of fused-ring (bicyclic) bond motifs is 1. The minimum absolute atomic E-state index is 0.139. The maximum atomic E-state index is 12.2. The van der Waals surface area contributed by atoms with Gasteiger partial charge in [-0.25, -0.2) is 0 Å². The van der Waals surface area contributed by atoms with Crippen LogP contribution in [-0.2, 0) is 20.7 Å². The molecule has 2 aliphatic heterocycles. The smallest absolute Gasteiger partial charge is 0.227 e. The number of hydrogen-bond donors (Lipinski definition) is 2. The molecule has 1 amide bonds. The Hall–Kier alpha value is -2.29. The number of amides is 1. The van der Waals surface area contributed by atoms with E-state index in [0.717, 1.165) is 11.1 Å².